The number of carbonyl (C=O) groups excluding carboxylic acids is 1. The first kappa shape index (κ1) is 16.9. The number of carbonyl (C=O) groups is 1. The van der Waals surface area contributed by atoms with Gasteiger partial charge < -0.3 is 5.32 Å². The molecule has 6 heteroatoms. The quantitative estimate of drug-likeness (QED) is 0.797. The third-order valence-corrected chi connectivity index (χ3v) is 4.46. The maximum Gasteiger partial charge on any atom is 0.225 e. The van der Waals surface area contributed by atoms with Crippen molar-refractivity contribution in [3.8, 4) is 0 Å². The minimum atomic E-state index is -0.370. The molecular formula is C18H19ClFN3O. The summed E-state index contributed by atoms with van der Waals surface area (Å²) in [5.41, 5.74) is 7.64. The van der Waals surface area contributed by atoms with Crippen molar-refractivity contribution in [3.05, 3.63) is 70.5 Å². The number of hydrogen-bond donors (Lipinski definition) is 3. The standard InChI is InChI=1S/C18H19ClFN3O/c1-11-17(13-6-4-7-14(19)9-13)18(23-22-11)21-16(24)10-12-5-2-3-8-15(12)20/h2-9,11,17-18,22-23H,10H2,1H3,(H,21,24). The molecule has 1 aliphatic heterocycles. The van der Waals surface area contributed by atoms with Gasteiger partial charge in [-0.25, -0.2) is 9.82 Å². The molecule has 0 aliphatic carbocycles. The van der Waals surface area contributed by atoms with Crippen LogP contribution in [0.15, 0.2) is 48.5 Å². The van der Waals surface area contributed by atoms with Crippen LogP contribution in [-0.4, -0.2) is 18.1 Å². The largest absolute Gasteiger partial charge is 0.339 e. The van der Waals surface area contributed by atoms with Gasteiger partial charge in [0.15, 0.2) is 0 Å². The van der Waals surface area contributed by atoms with Gasteiger partial charge in [0.2, 0.25) is 5.91 Å². The molecule has 1 aliphatic rings. The fourth-order valence-corrected chi connectivity index (χ4v) is 3.25. The van der Waals surface area contributed by atoms with Crippen molar-refractivity contribution in [2.75, 3.05) is 0 Å². The van der Waals surface area contributed by atoms with E-state index in [-0.39, 0.29) is 36.3 Å². The normalized spacial score (nSPS) is 23.2. The molecule has 1 fully saturated rings. The Morgan fingerprint density at radius 1 is 1.21 bits per heavy atom. The molecule has 1 saturated heterocycles. The van der Waals surface area contributed by atoms with Gasteiger partial charge in [0.25, 0.3) is 0 Å². The number of benzene rings is 2. The molecule has 2 aromatic rings. The van der Waals surface area contributed by atoms with Gasteiger partial charge in [-0.05, 0) is 36.2 Å². The SMILES string of the molecule is CC1NNC(NC(=O)Cc2ccccc2F)C1c1cccc(Cl)c1. The molecular weight excluding hydrogens is 329 g/mol. The first-order chi connectivity index (χ1) is 11.5. The Balaban J connectivity index is 1.71. The zero-order valence-electron chi connectivity index (χ0n) is 13.2. The maximum absolute atomic E-state index is 13.7. The molecule has 1 heterocycles. The summed E-state index contributed by atoms with van der Waals surface area (Å²) in [6.45, 7) is 2.03. The Kier molecular flexibility index (Phi) is 5.14. The molecule has 24 heavy (non-hydrogen) atoms. The van der Waals surface area contributed by atoms with Gasteiger partial charge in [0, 0.05) is 17.0 Å². The van der Waals surface area contributed by atoms with E-state index in [1.54, 1.807) is 18.2 Å². The van der Waals surface area contributed by atoms with Gasteiger partial charge >= 0.3 is 0 Å². The number of rotatable bonds is 4. The molecule has 3 rings (SSSR count). The average molecular weight is 348 g/mol. The van der Waals surface area contributed by atoms with Gasteiger partial charge in [0.1, 0.15) is 12.0 Å². The highest BCUT2D eigenvalue weighted by Gasteiger charge is 2.35. The van der Waals surface area contributed by atoms with E-state index in [9.17, 15) is 9.18 Å². The minimum Gasteiger partial charge on any atom is -0.339 e. The topological polar surface area (TPSA) is 53.2 Å². The lowest BCUT2D eigenvalue weighted by atomic mass is 9.91. The number of hydrogen-bond acceptors (Lipinski definition) is 3. The zero-order valence-corrected chi connectivity index (χ0v) is 14.0. The van der Waals surface area contributed by atoms with E-state index >= 15 is 0 Å². The minimum absolute atomic E-state index is 0.00149. The zero-order chi connectivity index (χ0) is 17.1. The van der Waals surface area contributed by atoms with E-state index in [1.807, 2.05) is 31.2 Å². The summed E-state index contributed by atoms with van der Waals surface area (Å²) >= 11 is 6.08. The molecule has 4 nitrogen and oxygen atoms in total. The lowest BCUT2D eigenvalue weighted by molar-refractivity contribution is -0.121. The second-order valence-corrected chi connectivity index (χ2v) is 6.41. The van der Waals surface area contributed by atoms with E-state index < -0.39 is 0 Å². The lowest BCUT2D eigenvalue weighted by Gasteiger charge is -2.22. The fourth-order valence-electron chi connectivity index (χ4n) is 3.05. The van der Waals surface area contributed by atoms with Crippen molar-refractivity contribution in [2.45, 2.75) is 31.5 Å². The number of amides is 1. The monoisotopic (exact) mass is 347 g/mol. The molecule has 1 amide bonds. The first-order valence-electron chi connectivity index (χ1n) is 7.84. The molecule has 3 unspecified atom stereocenters. The molecule has 3 N–H and O–H groups in total. The average Bonchev–Trinajstić information content (AvgIpc) is 2.90. The highest BCUT2D eigenvalue weighted by Crippen LogP contribution is 2.28. The third kappa shape index (κ3) is 3.75. The number of halogens is 2. The van der Waals surface area contributed by atoms with Gasteiger partial charge in [0.05, 0.1) is 6.42 Å². The Bertz CT molecular complexity index is 740. The van der Waals surface area contributed by atoms with Crippen LogP contribution in [-0.2, 0) is 11.2 Å². The summed E-state index contributed by atoms with van der Waals surface area (Å²) in [6, 6.07) is 14.0. The van der Waals surface area contributed by atoms with Crippen LogP contribution in [0, 0.1) is 5.82 Å². The van der Waals surface area contributed by atoms with Gasteiger partial charge in [-0.3, -0.25) is 10.2 Å². The van der Waals surface area contributed by atoms with Crippen LogP contribution in [0.4, 0.5) is 4.39 Å². The van der Waals surface area contributed by atoms with Crippen LogP contribution in [0.25, 0.3) is 0 Å². The van der Waals surface area contributed by atoms with Crippen molar-refractivity contribution in [2.24, 2.45) is 0 Å². The lowest BCUT2D eigenvalue weighted by Crippen LogP contribution is -2.46. The summed E-state index contributed by atoms with van der Waals surface area (Å²) in [5.74, 6) is -0.585. The van der Waals surface area contributed by atoms with Crippen LogP contribution >= 0.6 is 11.6 Å². The summed E-state index contributed by atoms with van der Waals surface area (Å²) in [5, 5.41) is 3.59. The van der Waals surface area contributed by atoms with Crippen molar-refractivity contribution in [1.29, 1.82) is 0 Å². The third-order valence-electron chi connectivity index (χ3n) is 4.22. The molecule has 0 radical (unpaired) electrons. The van der Waals surface area contributed by atoms with E-state index in [0.29, 0.717) is 10.6 Å². The Morgan fingerprint density at radius 2 is 2.00 bits per heavy atom. The van der Waals surface area contributed by atoms with E-state index in [0.717, 1.165) is 5.56 Å². The molecule has 0 bridgehead atoms. The van der Waals surface area contributed by atoms with Crippen molar-refractivity contribution in [3.63, 3.8) is 0 Å². The molecule has 0 saturated carbocycles. The molecule has 2 aromatic carbocycles. The van der Waals surface area contributed by atoms with Crippen molar-refractivity contribution in [1.82, 2.24) is 16.2 Å². The van der Waals surface area contributed by atoms with Crippen LogP contribution in [0.5, 0.6) is 0 Å². The number of nitrogens with one attached hydrogen (secondary N) is 3. The predicted molar refractivity (Wildman–Crippen MR) is 92.0 cm³/mol. The second kappa shape index (κ2) is 7.30. The highest BCUT2D eigenvalue weighted by molar-refractivity contribution is 6.30. The summed E-state index contributed by atoms with van der Waals surface area (Å²) in [4.78, 5) is 12.3. The van der Waals surface area contributed by atoms with Crippen LogP contribution in [0.1, 0.15) is 24.0 Å². The molecule has 0 aromatic heterocycles. The Hall–Kier alpha value is -1.95. The van der Waals surface area contributed by atoms with Crippen molar-refractivity contribution >= 4 is 17.5 Å². The predicted octanol–water partition coefficient (Wildman–Crippen LogP) is 2.74. The fraction of sp³-hybridized carbons (Fsp3) is 0.278. The number of hydrazine groups is 1. The smallest absolute Gasteiger partial charge is 0.225 e. The molecule has 3 atom stereocenters. The highest BCUT2D eigenvalue weighted by atomic mass is 35.5. The Morgan fingerprint density at radius 3 is 2.75 bits per heavy atom. The van der Waals surface area contributed by atoms with Crippen LogP contribution in [0.2, 0.25) is 5.02 Å². The van der Waals surface area contributed by atoms with Crippen LogP contribution < -0.4 is 16.2 Å². The summed E-state index contributed by atoms with van der Waals surface area (Å²) in [6.07, 6.45) is -0.292. The van der Waals surface area contributed by atoms with Crippen LogP contribution in [0.3, 0.4) is 0 Å². The summed E-state index contributed by atoms with van der Waals surface area (Å²) < 4.78 is 13.7. The van der Waals surface area contributed by atoms with E-state index in [2.05, 4.69) is 16.2 Å². The molecule has 126 valence electrons. The maximum atomic E-state index is 13.7. The van der Waals surface area contributed by atoms with E-state index in [1.165, 1.54) is 6.07 Å². The van der Waals surface area contributed by atoms with Gasteiger partial charge in [-0.2, -0.15) is 0 Å². The van der Waals surface area contributed by atoms with Crippen molar-refractivity contribution < 1.29 is 9.18 Å². The first-order valence-corrected chi connectivity index (χ1v) is 8.21. The van der Waals surface area contributed by atoms with Gasteiger partial charge in [-0.1, -0.05) is 41.9 Å². The van der Waals surface area contributed by atoms with E-state index in [4.69, 9.17) is 11.6 Å². The Labute approximate surface area is 145 Å². The summed E-state index contributed by atoms with van der Waals surface area (Å²) in [7, 11) is 0. The second-order valence-electron chi connectivity index (χ2n) is 5.97. The van der Waals surface area contributed by atoms with Gasteiger partial charge in [-0.15, -0.1) is 0 Å². The molecule has 0 spiro atoms.